The lowest BCUT2D eigenvalue weighted by Gasteiger charge is -2.07. The number of nitrogens with one attached hydrogen (secondary N) is 1. The summed E-state index contributed by atoms with van der Waals surface area (Å²) in [5, 5.41) is 3.36. The SMILES string of the molecule is Cl/C=C/CNCC1CCCC1. The summed E-state index contributed by atoms with van der Waals surface area (Å²) in [6.45, 7) is 2.08. The van der Waals surface area contributed by atoms with Crippen molar-refractivity contribution in [2.45, 2.75) is 25.7 Å². The van der Waals surface area contributed by atoms with Gasteiger partial charge in [-0.3, -0.25) is 0 Å². The molecular formula is C9H16ClN. The van der Waals surface area contributed by atoms with Gasteiger partial charge in [-0.15, -0.1) is 0 Å². The molecule has 1 aliphatic carbocycles. The minimum absolute atomic E-state index is 0.917. The predicted octanol–water partition coefficient (Wildman–Crippen LogP) is 2.52. The maximum absolute atomic E-state index is 5.38. The summed E-state index contributed by atoms with van der Waals surface area (Å²) in [4.78, 5) is 0. The van der Waals surface area contributed by atoms with Crippen LogP contribution in [0.3, 0.4) is 0 Å². The molecule has 11 heavy (non-hydrogen) atoms. The molecule has 0 radical (unpaired) electrons. The summed E-state index contributed by atoms with van der Waals surface area (Å²) in [5.41, 5.74) is 1.57. The van der Waals surface area contributed by atoms with Gasteiger partial charge in [0, 0.05) is 12.1 Å². The molecule has 0 bridgehead atoms. The summed E-state index contributed by atoms with van der Waals surface area (Å²) in [6, 6.07) is 0. The van der Waals surface area contributed by atoms with Crippen molar-refractivity contribution in [2.24, 2.45) is 5.92 Å². The highest BCUT2D eigenvalue weighted by Gasteiger charge is 2.13. The molecule has 0 saturated heterocycles. The van der Waals surface area contributed by atoms with E-state index >= 15 is 0 Å². The molecule has 0 unspecified atom stereocenters. The van der Waals surface area contributed by atoms with Crippen LogP contribution in [0.25, 0.3) is 0 Å². The summed E-state index contributed by atoms with van der Waals surface area (Å²) in [6.07, 6.45) is 7.63. The zero-order chi connectivity index (χ0) is 7.94. The van der Waals surface area contributed by atoms with E-state index in [1.165, 1.54) is 32.2 Å². The number of rotatable bonds is 4. The molecule has 0 atom stereocenters. The molecular weight excluding hydrogens is 158 g/mol. The van der Waals surface area contributed by atoms with Gasteiger partial charge < -0.3 is 5.32 Å². The monoisotopic (exact) mass is 173 g/mol. The highest BCUT2D eigenvalue weighted by molar-refractivity contribution is 6.25. The van der Waals surface area contributed by atoms with Crippen molar-refractivity contribution in [1.29, 1.82) is 0 Å². The first-order valence-corrected chi connectivity index (χ1v) is 4.83. The molecule has 1 nitrogen and oxygen atoms in total. The fourth-order valence-corrected chi connectivity index (χ4v) is 1.72. The Balaban J connectivity index is 1.93. The van der Waals surface area contributed by atoms with E-state index in [1.807, 2.05) is 6.08 Å². The molecule has 2 heteroatoms. The lowest BCUT2D eigenvalue weighted by molar-refractivity contribution is 0.505. The summed E-state index contributed by atoms with van der Waals surface area (Å²) in [7, 11) is 0. The van der Waals surface area contributed by atoms with Crippen LogP contribution in [-0.2, 0) is 0 Å². The van der Waals surface area contributed by atoms with Crippen LogP contribution in [0.2, 0.25) is 0 Å². The quantitative estimate of drug-likeness (QED) is 0.645. The van der Waals surface area contributed by atoms with Gasteiger partial charge in [-0.2, -0.15) is 0 Å². The normalized spacial score (nSPS) is 20.1. The van der Waals surface area contributed by atoms with E-state index in [9.17, 15) is 0 Å². The largest absolute Gasteiger partial charge is 0.313 e. The summed E-state index contributed by atoms with van der Waals surface area (Å²) in [5.74, 6) is 0.929. The molecule has 0 aromatic heterocycles. The number of hydrogen-bond donors (Lipinski definition) is 1. The zero-order valence-electron chi connectivity index (χ0n) is 6.85. The second-order valence-corrected chi connectivity index (χ2v) is 3.42. The first kappa shape index (κ1) is 9.08. The molecule has 1 N–H and O–H groups in total. The highest BCUT2D eigenvalue weighted by Crippen LogP contribution is 2.23. The van der Waals surface area contributed by atoms with Crippen molar-refractivity contribution in [3.63, 3.8) is 0 Å². The minimum atomic E-state index is 0.917. The van der Waals surface area contributed by atoms with Crippen molar-refractivity contribution >= 4 is 11.6 Å². The Morgan fingerprint density at radius 3 is 2.73 bits per heavy atom. The van der Waals surface area contributed by atoms with Crippen LogP contribution in [0.1, 0.15) is 25.7 Å². The van der Waals surface area contributed by atoms with E-state index in [4.69, 9.17) is 11.6 Å². The molecule has 64 valence electrons. The van der Waals surface area contributed by atoms with Crippen molar-refractivity contribution in [2.75, 3.05) is 13.1 Å². The first-order valence-electron chi connectivity index (χ1n) is 4.39. The van der Waals surface area contributed by atoms with E-state index in [-0.39, 0.29) is 0 Å². The van der Waals surface area contributed by atoms with Gasteiger partial charge in [0.15, 0.2) is 0 Å². The van der Waals surface area contributed by atoms with Crippen LogP contribution in [0.15, 0.2) is 11.6 Å². The standard InChI is InChI=1S/C9H16ClN/c10-6-3-7-11-8-9-4-1-2-5-9/h3,6,9,11H,1-2,4-5,7-8H2/b6-3+. The predicted molar refractivity (Wildman–Crippen MR) is 49.8 cm³/mol. The van der Waals surface area contributed by atoms with Crippen molar-refractivity contribution in [3.05, 3.63) is 11.6 Å². The Hall–Kier alpha value is -0.0100. The average molecular weight is 174 g/mol. The average Bonchev–Trinajstić information content (AvgIpc) is 2.50. The maximum Gasteiger partial charge on any atom is 0.0146 e. The summed E-state index contributed by atoms with van der Waals surface area (Å²) < 4.78 is 0. The van der Waals surface area contributed by atoms with Crippen molar-refractivity contribution in [3.8, 4) is 0 Å². The van der Waals surface area contributed by atoms with Gasteiger partial charge in [0.05, 0.1) is 0 Å². The van der Waals surface area contributed by atoms with E-state index in [0.29, 0.717) is 0 Å². The van der Waals surface area contributed by atoms with Crippen LogP contribution in [0, 0.1) is 5.92 Å². The van der Waals surface area contributed by atoms with E-state index < -0.39 is 0 Å². The fraction of sp³-hybridized carbons (Fsp3) is 0.778. The number of halogens is 1. The smallest absolute Gasteiger partial charge is 0.0146 e. The molecule has 0 heterocycles. The Morgan fingerprint density at radius 1 is 1.36 bits per heavy atom. The zero-order valence-corrected chi connectivity index (χ0v) is 7.61. The van der Waals surface area contributed by atoms with Crippen molar-refractivity contribution in [1.82, 2.24) is 5.32 Å². The number of hydrogen-bond acceptors (Lipinski definition) is 1. The summed E-state index contributed by atoms with van der Waals surface area (Å²) >= 11 is 5.38. The molecule has 0 aromatic carbocycles. The lowest BCUT2D eigenvalue weighted by Crippen LogP contribution is -2.20. The third-order valence-corrected chi connectivity index (χ3v) is 2.44. The van der Waals surface area contributed by atoms with Gasteiger partial charge >= 0.3 is 0 Å². The second kappa shape index (κ2) is 5.62. The molecule has 1 rings (SSSR count). The van der Waals surface area contributed by atoms with Gasteiger partial charge in [0.25, 0.3) is 0 Å². The third-order valence-electron chi connectivity index (χ3n) is 2.26. The maximum atomic E-state index is 5.38. The highest BCUT2D eigenvalue weighted by atomic mass is 35.5. The Labute approximate surface area is 73.8 Å². The molecule has 0 spiro atoms. The fourth-order valence-electron chi connectivity index (χ4n) is 1.63. The van der Waals surface area contributed by atoms with Crippen LogP contribution in [-0.4, -0.2) is 13.1 Å². The second-order valence-electron chi connectivity index (χ2n) is 3.17. The lowest BCUT2D eigenvalue weighted by atomic mass is 10.1. The molecule has 0 amide bonds. The topological polar surface area (TPSA) is 12.0 Å². The van der Waals surface area contributed by atoms with Gasteiger partial charge in [-0.05, 0) is 25.3 Å². The van der Waals surface area contributed by atoms with Crippen LogP contribution in [0.4, 0.5) is 0 Å². The van der Waals surface area contributed by atoms with Gasteiger partial charge in [0.1, 0.15) is 0 Å². The minimum Gasteiger partial charge on any atom is -0.313 e. The van der Waals surface area contributed by atoms with E-state index in [2.05, 4.69) is 5.32 Å². The molecule has 1 aliphatic rings. The van der Waals surface area contributed by atoms with Gasteiger partial charge in [-0.25, -0.2) is 0 Å². The Bertz CT molecular complexity index is 117. The first-order chi connectivity index (χ1) is 5.43. The van der Waals surface area contributed by atoms with E-state index in [1.54, 1.807) is 5.54 Å². The van der Waals surface area contributed by atoms with Crippen molar-refractivity contribution < 1.29 is 0 Å². The molecule has 1 fully saturated rings. The van der Waals surface area contributed by atoms with Gasteiger partial charge in [-0.1, -0.05) is 30.5 Å². The third kappa shape index (κ3) is 3.78. The van der Waals surface area contributed by atoms with Crippen LogP contribution >= 0.6 is 11.6 Å². The Morgan fingerprint density at radius 2 is 2.09 bits per heavy atom. The van der Waals surface area contributed by atoms with Crippen LogP contribution < -0.4 is 5.32 Å². The molecule has 0 aliphatic heterocycles. The molecule has 0 aromatic rings. The van der Waals surface area contributed by atoms with E-state index in [0.717, 1.165) is 12.5 Å². The Kier molecular flexibility index (Phi) is 4.64. The van der Waals surface area contributed by atoms with Gasteiger partial charge in [0.2, 0.25) is 0 Å². The van der Waals surface area contributed by atoms with Crippen LogP contribution in [0.5, 0.6) is 0 Å². The molecule has 1 saturated carbocycles.